The molecule has 94 valence electrons. The van der Waals surface area contributed by atoms with Crippen LogP contribution in [-0.4, -0.2) is 32.9 Å². The largest absolute Gasteiger partial charge is 0.352 e. The fourth-order valence-electron chi connectivity index (χ4n) is 0.992. The maximum atomic E-state index is 11.3. The van der Waals surface area contributed by atoms with Crippen molar-refractivity contribution in [2.24, 2.45) is 0 Å². The van der Waals surface area contributed by atoms with E-state index in [0.717, 1.165) is 15.6 Å². The number of carbonyl (C=O) groups excluding carboxylic acids is 1. The molecule has 0 aromatic carbocycles. The number of rotatable bonds is 5. The molecule has 1 aromatic rings. The van der Waals surface area contributed by atoms with E-state index in [2.05, 4.69) is 21.2 Å². The van der Waals surface area contributed by atoms with Gasteiger partial charge in [0, 0.05) is 33.6 Å². The molecule has 1 N–H and O–H groups in total. The van der Waals surface area contributed by atoms with Crippen LogP contribution in [0, 0.1) is 0 Å². The second kappa shape index (κ2) is 6.32. The lowest BCUT2D eigenvalue weighted by Gasteiger charge is -1.99. The number of nitrogens with one attached hydrogen (secondary N) is 1. The Balaban J connectivity index is 2.37. The van der Waals surface area contributed by atoms with Gasteiger partial charge < -0.3 is 5.32 Å². The van der Waals surface area contributed by atoms with Crippen LogP contribution in [0.4, 0.5) is 0 Å². The van der Waals surface area contributed by atoms with Gasteiger partial charge in [-0.15, -0.1) is 11.3 Å². The van der Waals surface area contributed by atoms with Crippen LogP contribution in [0.25, 0.3) is 6.08 Å². The van der Waals surface area contributed by atoms with Gasteiger partial charge in [-0.2, -0.15) is 0 Å². The summed E-state index contributed by atoms with van der Waals surface area (Å²) in [5, 5.41) is 4.42. The van der Waals surface area contributed by atoms with Gasteiger partial charge in [0.15, 0.2) is 0 Å². The molecule has 0 saturated heterocycles. The number of amides is 1. The molecule has 0 unspecified atom stereocenters. The lowest BCUT2D eigenvalue weighted by atomic mass is 10.4. The zero-order valence-corrected chi connectivity index (χ0v) is 12.4. The van der Waals surface area contributed by atoms with Crippen molar-refractivity contribution in [2.45, 2.75) is 0 Å². The van der Waals surface area contributed by atoms with Gasteiger partial charge >= 0.3 is 0 Å². The van der Waals surface area contributed by atoms with Gasteiger partial charge in [-0.1, -0.05) is 0 Å². The monoisotopic (exact) mass is 337 g/mol. The molecule has 7 heteroatoms. The highest BCUT2D eigenvalue weighted by atomic mass is 79.9. The van der Waals surface area contributed by atoms with Gasteiger partial charge in [0.25, 0.3) is 0 Å². The van der Waals surface area contributed by atoms with Crippen LogP contribution in [0.1, 0.15) is 4.88 Å². The van der Waals surface area contributed by atoms with Gasteiger partial charge in [-0.3, -0.25) is 4.79 Å². The van der Waals surface area contributed by atoms with Crippen LogP contribution in [-0.2, 0) is 14.6 Å². The summed E-state index contributed by atoms with van der Waals surface area (Å²) in [7, 11) is -3.03. The third-order valence-electron chi connectivity index (χ3n) is 1.76. The second-order valence-corrected chi connectivity index (χ2v) is 7.54. The Morgan fingerprint density at radius 2 is 2.29 bits per heavy atom. The van der Waals surface area contributed by atoms with Crippen LogP contribution >= 0.6 is 27.3 Å². The summed E-state index contributed by atoms with van der Waals surface area (Å²) in [5.74, 6) is -0.338. The molecule has 0 aliphatic carbocycles. The number of halogens is 1. The van der Waals surface area contributed by atoms with Crippen molar-refractivity contribution in [3.8, 4) is 0 Å². The molecule has 1 aromatic heterocycles. The third kappa shape index (κ3) is 6.60. The van der Waals surface area contributed by atoms with Crippen molar-refractivity contribution in [2.75, 3.05) is 18.6 Å². The summed E-state index contributed by atoms with van der Waals surface area (Å²) < 4.78 is 22.6. The molecule has 17 heavy (non-hydrogen) atoms. The second-order valence-electron chi connectivity index (χ2n) is 3.42. The first-order chi connectivity index (χ1) is 7.87. The Morgan fingerprint density at radius 1 is 1.59 bits per heavy atom. The molecule has 1 amide bonds. The van der Waals surface area contributed by atoms with Gasteiger partial charge in [0.2, 0.25) is 5.91 Å². The average Bonchev–Trinajstić information content (AvgIpc) is 2.59. The van der Waals surface area contributed by atoms with Crippen molar-refractivity contribution in [1.82, 2.24) is 5.32 Å². The Labute approximate surface area is 113 Å². The molecular weight excluding hydrogens is 326 g/mol. The highest BCUT2D eigenvalue weighted by Gasteiger charge is 2.02. The zero-order chi connectivity index (χ0) is 12.9. The summed E-state index contributed by atoms with van der Waals surface area (Å²) in [5.41, 5.74) is 0. The minimum Gasteiger partial charge on any atom is -0.352 e. The maximum absolute atomic E-state index is 11.3. The molecule has 1 heterocycles. The summed E-state index contributed by atoms with van der Waals surface area (Å²) in [6.45, 7) is 0.135. The number of carbonyl (C=O) groups is 1. The van der Waals surface area contributed by atoms with Crippen LogP contribution in [0.3, 0.4) is 0 Å². The number of hydrogen-bond donors (Lipinski definition) is 1. The number of sulfone groups is 1. The molecule has 0 fully saturated rings. The fourth-order valence-corrected chi connectivity index (χ4v) is 2.80. The summed E-state index contributed by atoms with van der Waals surface area (Å²) in [4.78, 5) is 12.3. The summed E-state index contributed by atoms with van der Waals surface area (Å²) in [6, 6.07) is 1.89. The molecule has 0 radical (unpaired) electrons. The predicted molar refractivity (Wildman–Crippen MR) is 73.8 cm³/mol. The Hall–Kier alpha value is -0.660. The summed E-state index contributed by atoms with van der Waals surface area (Å²) >= 11 is 4.82. The lowest BCUT2D eigenvalue weighted by molar-refractivity contribution is -0.116. The molecule has 0 saturated carbocycles. The zero-order valence-electron chi connectivity index (χ0n) is 9.14. The maximum Gasteiger partial charge on any atom is 0.244 e. The van der Waals surface area contributed by atoms with Gasteiger partial charge in [0.1, 0.15) is 9.84 Å². The van der Waals surface area contributed by atoms with E-state index >= 15 is 0 Å². The fraction of sp³-hybridized carbons (Fsp3) is 0.300. The Bertz CT molecular complexity index is 519. The SMILES string of the molecule is CS(=O)(=O)CCNC(=O)/C=C\c1cc(Br)cs1. The van der Waals surface area contributed by atoms with Crippen molar-refractivity contribution >= 4 is 49.1 Å². The van der Waals surface area contributed by atoms with E-state index in [4.69, 9.17) is 0 Å². The first-order valence-corrected chi connectivity index (χ1v) is 8.48. The molecular formula is C10H12BrNO3S2. The predicted octanol–water partition coefficient (Wildman–Crippen LogP) is 1.68. The van der Waals surface area contributed by atoms with E-state index < -0.39 is 9.84 Å². The van der Waals surface area contributed by atoms with Crippen LogP contribution in [0.2, 0.25) is 0 Å². The normalized spacial score (nSPS) is 11.9. The van der Waals surface area contributed by atoms with Crippen molar-refractivity contribution in [3.63, 3.8) is 0 Å². The van der Waals surface area contributed by atoms with Crippen molar-refractivity contribution in [1.29, 1.82) is 0 Å². The van der Waals surface area contributed by atoms with Gasteiger partial charge in [-0.25, -0.2) is 8.42 Å². The highest BCUT2D eigenvalue weighted by Crippen LogP contribution is 2.20. The molecule has 1 rings (SSSR count). The van der Waals surface area contributed by atoms with Gasteiger partial charge in [0.05, 0.1) is 5.75 Å². The van der Waals surface area contributed by atoms with E-state index in [1.807, 2.05) is 11.4 Å². The summed E-state index contributed by atoms with van der Waals surface area (Å²) in [6.07, 6.45) is 4.21. The smallest absolute Gasteiger partial charge is 0.244 e. The van der Waals surface area contributed by atoms with Crippen molar-refractivity contribution < 1.29 is 13.2 Å². The van der Waals surface area contributed by atoms with Gasteiger partial charge in [-0.05, 0) is 28.1 Å². The van der Waals surface area contributed by atoms with E-state index in [9.17, 15) is 13.2 Å². The minimum absolute atomic E-state index is 0.0445. The third-order valence-corrected chi connectivity index (χ3v) is 4.36. The number of hydrogen-bond acceptors (Lipinski definition) is 4. The van der Waals surface area contributed by atoms with Crippen LogP contribution in [0.5, 0.6) is 0 Å². The standard InChI is InChI=1S/C10H12BrNO3S2/c1-17(14,15)5-4-12-10(13)3-2-9-6-8(11)7-16-9/h2-3,6-7H,4-5H2,1H3,(H,12,13)/b3-2-. The Morgan fingerprint density at radius 3 is 2.82 bits per heavy atom. The Kier molecular flexibility index (Phi) is 5.35. The number of thiophene rings is 1. The highest BCUT2D eigenvalue weighted by molar-refractivity contribution is 9.10. The molecule has 0 aliphatic heterocycles. The molecule has 0 bridgehead atoms. The van der Waals surface area contributed by atoms with Crippen LogP contribution < -0.4 is 5.32 Å². The first-order valence-electron chi connectivity index (χ1n) is 4.74. The molecule has 0 spiro atoms. The molecule has 4 nitrogen and oxygen atoms in total. The van der Waals surface area contributed by atoms with E-state index in [-0.39, 0.29) is 18.2 Å². The van der Waals surface area contributed by atoms with E-state index in [1.165, 1.54) is 17.4 Å². The minimum atomic E-state index is -3.03. The average molecular weight is 338 g/mol. The van der Waals surface area contributed by atoms with Crippen molar-refractivity contribution in [3.05, 3.63) is 26.9 Å². The van der Waals surface area contributed by atoms with E-state index in [1.54, 1.807) is 6.08 Å². The van der Waals surface area contributed by atoms with Crippen LogP contribution in [0.15, 0.2) is 22.0 Å². The first kappa shape index (κ1) is 14.4. The van der Waals surface area contributed by atoms with E-state index in [0.29, 0.717) is 0 Å². The quantitative estimate of drug-likeness (QED) is 0.831. The topological polar surface area (TPSA) is 63.2 Å². The molecule has 0 aliphatic rings. The molecule has 0 atom stereocenters. The lowest BCUT2D eigenvalue weighted by Crippen LogP contribution is -2.27.